The van der Waals surface area contributed by atoms with E-state index in [1.807, 2.05) is 55.6 Å². The van der Waals surface area contributed by atoms with Crippen LogP contribution in [0.1, 0.15) is 56.0 Å². The summed E-state index contributed by atoms with van der Waals surface area (Å²) in [5, 5.41) is 20.7. The molecule has 0 aliphatic carbocycles. The van der Waals surface area contributed by atoms with Gasteiger partial charge in [0.15, 0.2) is 10.6 Å². The largest absolute Gasteiger partial charge is 0.573 e. The first-order valence-electron chi connectivity index (χ1n) is 14.1. The van der Waals surface area contributed by atoms with Crippen LogP contribution in [0.2, 0.25) is 0 Å². The van der Waals surface area contributed by atoms with Crippen LogP contribution in [0, 0.1) is 6.92 Å². The molecule has 0 fully saturated rings. The molecule has 2 aromatic heterocycles. The van der Waals surface area contributed by atoms with Crippen molar-refractivity contribution in [3.63, 3.8) is 0 Å². The summed E-state index contributed by atoms with van der Waals surface area (Å²) in [4.78, 5) is 9.68. The highest BCUT2D eigenvalue weighted by atomic mass is 32.1. The van der Waals surface area contributed by atoms with Crippen molar-refractivity contribution in [2.45, 2.75) is 58.8 Å². The summed E-state index contributed by atoms with van der Waals surface area (Å²) in [6.07, 6.45) is -3.67. The lowest BCUT2D eigenvalue weighted by atomic mass is 10.0. The average molecular weight is 623 g/mol. The normalized spacial score (nSPS) is 13.8. The van der Waals surface area contributed by atoms with Crippen molar-refractivity contribution < 1.29 is 23.0 Å². The van der Waals surface area contributed by atoms with Gasteiger partial charge in [-0.05, 0) is 60.7 Å². The monoisotopic (exact) mass is 622 g/mol. The molecule has 0 radical (unpaired) electrons. The molecule has 2 heterocycles. The molecular formula is C32H33F3N6O2S. The Balaban J connectivity index is 1.30. The van der Waals surface area contributed by atoms with Gasteiger partial charge in [-0.25, -0.2) is 14.7 Å². The molecule has 2 atom stereocenters. The van der Waals surface area contributed by atoms with E-state index < -0.39 is 12.7 Å². The van der Waals surface area contributed by atoms with Gasteiger partial charge in [-0.1, -0.05) is 63.2 Å². The number of aliphatic hydroxyl groups is 1. The number of alkyl halides is 3. The van der Waals surface area contributed by atoms with E-state index in [9.17, 15) is 18.3 Å². The predicted molar refractivity (Wildman–Crippen MR) is 164 cm³/mol. The fraction of sp³-hybridized carbons (Fsp3) is 0.281. The van der Waals surface area contributed by atoms with Crippen LogP contribution < -0.4 is 14.9 Å². The Morgan fingerprint density at radius 2 is 1.73 bits per heavy atom. The van der Waals surface area contributed by atoms with Gasteiger partial charge in [-0.3, -0.25) is 9.88 Å². The molecule has 230 valence electrons. The summed E-state index contributed by atoms with van der Waals surface area (Å²) in [6, 6.07) is 21.1. The van der Waals surface area contributed by atoms with Crippen LogP contribution >= 0.6 is 11.3 Å². The zero-order valence-corrected chi connectivity index (χ0v) is 25.5. The van der Waals surface area contributed by atoms with E-state index in [0.717, 1.165) is 22.5 Å². The zero-order chi connectivity index (χ0) is 31.4. The third kappa shape index (κ3) is 7.26. The maximum absolute atomic E-state index is 12.4. The topological polar surface area (TPSA) is 89.5 Å². The average Bonchev–Trinajstić information content (AvgIpc) is 3.62. The molecule has 8 nitrogen and oxygen atoms in total. The molecule has 0 saturated carbocycles. The molecule has 2 unspecified atom stereocenters. The summed E-state index contributed by atoms with van der Waals surface area (Å²) in [5.41, 5.74) is 5.57. The van der Waals surface area contributed by atoms with Gasteiger partial charge in [0.05, 0.1) is 11.4 Å². The fourth-order valence-corrected chi connectivity index (χ4v) is 5.80. The number of thiazole rings is 1. The first-order chi connectivity index (χ1) is 21.0. The first kappa shape index (κ1) is 31.2. The minimum Gasteiger partial charge on any atom is -0.406 e. The number of halogens is 3. The second-order valence-electron chi connectivity index (χ2n) is 10.5. The molecule has 12 heteroatoms. The molecule has 5 aromatic rings. The third-order valence-electron chi connectivity index (χ3n) is 7.07. The molecule has 0 saturated heterocycles. The van der Waals surface area contributed by atoms with Crippen molar-refractivity contribution in [2.24, 2.45) is 4.99 Å². The molecule has 0 bridgehead atoms. The van der Waals surface area contributed by atoms with E-state index >= 15 is 0 Å². The van der Waals surface area contributed by atoms with Crippen molar-refractivity contribution in [3.8, 4) is 28.5 Å². The van der Waals surface area contributed by atoms with Gasteiger partial charge in [0, 0.05) is 22.7 Å². The maximum atomic E-state index is 12.4. The number of hydrogen-bond donors (Lipinski definition) is 2. The van der Waals surface area contributed by atoms with E-state index in [-0.39, 0.29) is 11.8 Å². The highest BCUT2D eigenvalue weighted by molar-refractivity contribution is 7.07. The number of nitrogens with zero attached hydrogens (tertiary/aromatic N) is 5. The molecule has 0 aliphatic heterocycles. The molecular weight excluding hydrogens is 589 g/mol. The number of para-hydroxylation sites is 1. The summed E-state index contributed by atoms with van der Waals surface area (Å²) in [6.45, 7) is 8.38. The van der Waals surface area contributed by atoms with Gasteiger partial charge in [0.1, 0.15) is 12.1 Å². The van der Waals surface area contributed by atoms with Crippen molar-refractivity contribution >= 4 is 11.3 Å². The second-order valence-corrected chi connectivity index (χ2v) is 11.4. The van der Waals surface area contributed by atoms with Gasteiger partial charge in [0.25, 0.3) is 0 Å². The van der Waals surface area contributed by atoms with Crippen molar-refractivity contribution in [1.29, 1.82) is 0 Å². The number of aryl methyl sites for hydroxylation is 1. The number of nitrogens with one attached hydrogen (secondary N) is 1. The van der Waals surface area contributed by atoms with Crippen molar-refractivity contribution in [2.75, 3.05) is 0 Å². The standard InChI is InChI=1S/C32H33F3N6O2S/c1-5-27(37-30(42)38-31-41(21(4)18-44-31)28-9-7-6-8-26(28)20(2)3)22-10-12-23(13-11-22)29-36-19-40(39-29)24-14-16-25(17-15-24)43-32(33,34)35/h6-20,27,30,37,42H,5H2,1-4H3. The minimum absolute atomic E-state index is 0.164. The number of aromatic nitrogens is 4. The van der Waals surface area contributed by atoms with Gasteiger partial charge >= 0.3 is 6.36 Å². The van der Waals surface area contributed by atoms with Gasteiger partial charge in [0.2, 0.25) is 6.35 Å². The van der Waals surface area contributed by atoms with Crippen LogP contribution in [0.4, 0.5) is 13.2 Å². The van der Waals surface area contributed by atoms with Crippen LogP contribution in [0.15, 0.2) is 89.5 Å². The van der Waals surface area contributed by atoms with Gasteiger partial charge < -0.3 is 9.84 Å². The van der Waals surface area contributed by atoms with Gasteiger partial charge in [-0.15, -0.1) is 29.6 Å². The van der Waals surface area contributed by atoms with Crippen LogP contribution in [-0.2, 0) is 0 Å². The van der Waals surface area contributed by atoms with Crippen molar-refractivity contribution in [3.05, 3.63) is 106 Å². The van der Waals surface area contributed by atoms with Crippen LogP contribution in [0.25, 0.3) is 22.8 Å². The van der Waals surface area contributed by atoms with Crippen LogP contribution in [0.5, 0.6) is 5.75 Å². The van der Waals surface area contributed by atoms with Gasteiger partial charge in [-0.2, -0.15) is 0 Å². The summed E-state index contributed by atoms with van der Waals surface area (Å²) in [7, 11) is 0. The Hall–Kier alpha value is -4.26. The number of aliphatic hydroxyl groups excluding tert-OH is 1. The lowest BCUT2D eigenvalue weighted by molar-refractivity contribution is -0.274. The molecule has 2 N–H and O–H groups in total. The minimum atomic E-state index is -4.75. The number of hydrogen-bond acceptors (Lipinski definition) is 7. The molecule has 0 aliphatic rings. The van der Waals surface area contributed by atoms with Crippen molar-refractivity contribution in [1.82, 2.24) is 24.6 Å². The second kappa shape index (κ2) is 13.2. The van der Waals surface area contributed by atoms with E-state index in [4.69, 9.17) is 0 Å². The van der Waals surface area contributed by atoms with Crippen LogP contribution in [-0.4, -0.2) is 37.2 Å². The van der Waals surface area contributed by atoms with E-state index in [0.29, 0.717) is 28.7 Å². The Morgan fingerprint density at radius 1 is 1.02 bits per heavy atom. The SMILES string of the molecule is CCC(NC(O)N=c1scc(C)n1-c1ccccc1C(C)C)c1ccc(-c2ncn(-c3ccc(OC(F)(F)F)cc3)n2)cc1. The van der Waals surface area contributed by atoms with E-state index in [2.05, 4.69) is 55.7 Å². The Kier molecular flexibility index (Phi) is 9.33. The van der Waals surface area contributed by atoms with Crippen LogP contribution in [0.3, 0.4) is 0 Å². The Labute approximate surface area is 257 Å². The zero-order valence-electron chi connectivity index (χ0n) is 24.7. The number of rotatable bonds is 10. The Morgan fingerprint density at radius 3 is 2.39 bits per heavy atom. The smallest absolute Gasteiger partial charge is 0.406 e. The lowest BCUT2D eigenvalue weighted by Gasteiger charge is -2.20. The van der Waals surface area contributed by atoms with E-state index in [1.165, 1.54) is 52.2 Å². The molecule has 5 rings (SSSR count). The maximum Gasteiger partial charge on any atom is 0.573 e. The highest BCUT2D eigenvalue weighted by Crippen LogP contribution is 2.26. The number of ether oxygens (including phenoxy) is 1. The highest BCUT2D eigenvalue weighted by Gasteiger charge is 2.31. The summed E-state index contributed by atoms with van der Waals surface area (Å²) < 4.78 is 44.8. The molecule has 0 spiro atoms. The molecule has 44 heavy (non-hydrogen) atoms. The quantitative estimate of drug-likeness (QED) is 0.163. The fourth-order valence-electron chi connectivity index (χ4n) is 4.91. The van der Waals surface area contributed by atoms with E-state index in [1.54, 1.807) is 0 Å². The first-order valence-corrected chi connectivity index (χ1v) is 15.0. The lowest BCUT2D eigenvalue weighted by Crippen LogP contribution is -2.33. The summed E-state index contributed by atoms with van der Waals surface area (Å²) in [5.74, 6) is 0.483. The third-order valence-corrected chi connectivity index (χ3v) is 8.03. The predicted octanol–water partition coefficient (Wildman–Crippen LogP) is 7.03. The Bertz CT molecular complexity index is 1760. The molecule has 0 amide bonds. The summed E-state index contributed by atoms with van der Waals surface area (Å²) >= 11 is 1.48. The molecule has 3 aromatic carbocycles. The number of benzene rings is 3.